The molecule has 0 amide bonds. The van der Waals surface area contributed by atoms with Gasteiger partial charge in [-0.2, -0.15) is 0 Å². The Morgan fingerprint density at radius 2 is 2.00 bits per heavy atom. The summed E-state index contributed by atoms with van der Waals surface area (Å²) >= 11 is 3.64. The molecule has 1 nitrogen and oxygen atoms in total. The standard InChI is InChI=1S/C12H24BrN/c1-3-11(4-2)10-14-8-6-5-7-12(14)9-13/h11-12H,3-10H2,1-2H3. The van der Waals surface area contributed by atoms with E-state index in [1.807, 2.05) is 0 Å². The minimum atomic E-state index is 0.810. The number of nitrogens with zero attached hydrogens (tertiary/aromatic N) is 1. The predicted octanol–water partition coefficient (Wildman–Crippen LogP) is 3.67. The first kappa shape index (κ1) is 12.5. The van der Waals surface area contributed by atoms with Crippen molar-refractivity contribution >= 4 is 15.9 Å². The summed E-state index contributed by atoms with van der Waals surface area (Å²) in [5, 5.41) is 1.16. The van der Waals surface area contributed by atoms with Crippen molar-refractivity contribution in [2.24, 2.45) is 5.92 Å². The summed E-state index contributed by atoms with van der Waals surface area (Å²) in [5.41, 5.74) is 0. The van der Waals surface area contributed by atoms with E-state index in [4.69, 9.17) is 0 Å². The Hall–Kier alpha value is 0.440. The Balaban J connectivity index is 2.39. The third-order valence-electron chi connectivity index (χ3n) is 3.57. The Morgan fingerprint density at radius 1 is 1.29 bits per heavy atom. The van der Waals surface area contributed by atoms with Gasteiger partial charge in [-0.05, 0) is 25.3 Å². The van der Waals surface area contributed by atoms with E-state index >= 15 is 0 Å². The smallest absolute Gasteiger partial charge is 0.0192 e. The lowest BCUT2D eigenvalue weighted by atomic mass is 9.98. The summed E-state index contributed by atoms with van der Waals surface area (Å²) in [6.07, 6.45) is 6.90. The van der Waals surface area contributed by atoms with E-state index in [1.165, 1.54) is 45.2 Å². The molecule has 1 atom stereocenters. The Bertz CT molecular complexity index is 145. The molecule has 1 fully saturated rings. The fourth-order valence-electron chi connectivity index (χ4n) is 2.35. The summed E-state index contributed by atoms with van der Waals surface area (Å²) in [5.74, 6) is 0.912. The van der Waals surface area contributed by atoms with Crippen LogP contribution in [0.1, 0.15) is 46.0 Å². The topological polar surface area (TPSA) is 3.24 Å². The van der Waals surface area contributed by atoms with E-state index in [-0.39, 0.29) is 0 Å². The van der Waals surface area contributed by atoms with Gasteiger partial charge in [0.25, 0.3) is 0 Å². The normalized spacial score (nSPS) is 24.4. The van der Waals surface area contributed by atoms with Gasteiger partial charge in [0.15, 0.2) is 0 Å². The number of likely N-dealkylation sites (tertiary alicyclic amines) is 1. The van der Waals surface area contributed by atoms with Crippen LogP contribution in [0.4, 0.5) is 0 Å². The number of hydrogen-bond donors (Lipinski definition) is 0. The quantitative estimate of drug-likeness (QED) is 0.683. The van der Waals surface area contributed by atoms with Crippen LogP contribution >= 0.6 is 15.9 Å². The van der Waals surface area contributed by atoms with Crippen LogP contribution in [-0.4, -0.2) is 29.4 Å². The van der Waals surface area contributed by atoms with Crippen molar-refractivity contribution in [1.82, 2.24) is 4.90 Å². The third kappa shape index (κ3) is 3.54. The van der Waals surface area contributed by atoms with Gasteiger partial charge in [-0.15, -0.1) is 0 Å². The molecule has 1 aliphatic rings. The predicted molar refractivity (Wildman–Crippen MR) is 67.1 cm³/mol. The summed E-state index contributed by atoms with van der Waals surface area (Å²) in [6, 6.07) is 0.810. The van der Waals surface area contributed by atoms with Gasteiger partial charge in [0.1, 0.15) is 0 Å². The average Bonchev–Trinajstić information content (AvgIpc) is 2.26. The molecule has 1 aliphatic heterocycles. The zero-order valence-corrected chi connectivity index (χ0v) is 11.2. The highest BCUT2D eigenvalue weighted by atomic mass is 79.9. The lowest BCUT2D eigenvalue weighted by Crippen LogP contribution is -2.43. The van der Waals surface area contributed by atoms with Gasteiger partial charge in [0.05, 0.1) is 0 Å². The van der Waals surface area contributed by atoms with Gasteiger partial charge in [0.2, 0.25) is 0 Å². The van der Waals surface area contributed by atoms with Gasteiger partial charge >= 0.3 is 0 Å². The fraction of sp³-hybridized carbons (Fsp3) is 1.00. The van der Waals surface area contributed by atoms with Crippen molar-refractivity contribution in [3.8, 4) is 0 Å². The van der Waals surface area contributed by atoms with E-state index in [9.17, 15) is 0 Å². The van der Waals surface area contributed by atoms with Crippen LogP contribution in [0.25, 0.3) is 0 Å². The molecule has 14 heavy (non-hydrogen) atoms. The molecule has 0 aromatic heterocycles. The molecular formula is C12H24BrN. The molecule has 1 heterocycles. The Labute approximate surface area is 97.4 Å². The summed E-state index contributed by atoms with van der Waals surface area (Å²) in [7, 11) is 0. The van der Waals surface area contributed by atoms with E-state index in [2.05, 4.69) is 34.7 Å². The number of rotatable bonds is 5. The molecular weight excluding hydrogens is 238 g/mol. The van der Waals surface area contributed by atoms with Crippen LogP contribution in [0.15, 0.2) is 0 Å². The molecule has 0 aromatic rings. The molecule has 1 saturated heterocycles. The SMILES string of the molecule is CCC(CC)CN1CCCCC1CBr. The number of alkyl halides is 1. The van der Waals surface area contributed by atoms with Gasteiger partial charge in [0, 0.05) is 17.9 Å². The first-order valence-electron chi connectivity index (χ1n) is 6.11. The highest BCUT2D eigenvalue weighted by molar-refractivity contribution is 9.09. The van der Waals surface area contributed by atoms with Crippen LogP contribution in [0, 0.1) is 5.92 Å². The van der Waals surface area contributed by atoms with Crippen LogP contribution in [0.5, 0.6) is 0 Å². The lowest BCUT2D eigenvalue weighted by Gasteiger charge is -2.36. The molecule has 2 heteroatoms. The maximum Gasteiger partial charge on any atom is 0.0192 e. The van der Waals surface area contributed by atoms with Crippen molar-refractivity contribution in [2.45, 2.75) is 52.0 Å². The second kappa shape index (κ2) is 6.84. The van der Waals surface area contributed by atoms with Crippen LogP contribution in [-0.2, 0) is 0 Å². The summed E-state index contributed by atoms with van der Waals surface area (Å²) in [6.45, 7) is 7.29. The number of halogens is 1. The summed E-state index contributed by atoms with van der Waals surface area (Å²) in [4.78, 5) is 2.70. The molecule has 1 rings (SSSR count). The van der Waals surface area contributed by atoms with Crippen molar-refractivity contribution in [3.63, 3.8) is 0 Å². The molecule has 1 unspecified atom stereocenters. The highest BCUT2D eigenvalue weighted by Crippen LogP contribution is 2.21. The largest absolute Gasteiger partial charge is 0.299 e. The van der Waals surface area contributed by atoms with Gasteiger partial charge in [-0.1, -0.05) is 49.0 Å². The average molecular weight is 262 g/mol. The van der Waals surface area contributed by atoms with Crippen LogP contribution in [0.2, 0.25) is 0 Å². The second-order valence-electron chi connectivity index (χ2n) is 4.48. The first-order chi connectivity index (χ1) is 6.81. The maximum absolute atomic E-state index is 3.64. The van der Waals surface area contributed by atoms with E-state index in [1.54, 1.807) is 0 Å². The Kier molecular flexibility index (Phi) is 6.11. The summed E-state index contributed by atoms with van der Waals surface area (Å²) < 4.78 is 0. The first-order valence-corrected chi connectivity index (χ1v) is 7.23. The van der Waals surface area contributed by atoms with Gasteiger partial charge in [-0.3, -0.25) is 4.90 Å². The maximum atomic E-state index is 3.64. The molecule has 0 aromatic carbocycles. The van der Waals surface area contributed by atoms with Crippen molar-refractivity contribution in [1.29, 1.82) is 0 Å². The molecule has 0 spiro atoms. The zero-order valence-electron chi connectivity index (χ0n) is 9.64. The van der Waals surface area contributed by atoms with E-state index < -0.39 is 0 Å². The monoisotopic (exact) mass is 261 g/mol. The van der Waals surface area contributed by atoms with E-state index in [0.29, 0.717) is 0 Å². The van der Waals surface area contributed by atoms with Crippen molar-refractivity contribution < 1.29 is 0 Å². The van der Waals surface area contributed by atoms with Crippen LogP contribution in [0.3, 0.4) is 0 Å². The third-order valence-corrected chi connectivity index (χ3v) is 4.32. The minimum absolute atomic E-state index is 0.810. The Morgan fingerprint density at radius 3 is 2.57 bits per heavy atom. The minimum Gasteiger partial charge on any atom is -0.299 e. The highest BCUT2D eigenvalue weighted by Gasteiger charge is 2.22. The second-order valence-corrected chi connectivity index (χ2v) is 5.13. The van der Waals surface area contributed by atoms with E-state index in [0.717, 1.165) is 17.3 Å². The molecule has 0 N–H and O–H groups in total. The number of piperidine rings is 1. The van der Waals surface area contributed by atoms with Crippen molar-refractivity contribution in [3.05, 3.63) is 0 Å². The fourth-order valence-corrected chi connectivity index (χ4v) is 3.09. The van der Waals surface area contributed by atoms with Crippen LogP contribution < -0.4 is 0 Å². The van der Waals surface area contributed by atoms with Gasteiger partial charge < -0.3 is 0 Å². The lowest BCUT2D eigenvalue weighted by molar-refractivity contribution is 0.136. The molecule has 0 aliphatic carbocycles. The zero-order chi connectivity index (χ0) is 10.4. The molecule has 0 saturated carbocycles. The number of hydrogen-bond acceptors (Lipinski definition) is 1. The van der Waals surface area contributed by atoms with Crippen molar-refractivity contribution in [2.75, 3.05) is 18.4 Å². The molecule has 0 radical (unpaired) electrons. The molecule has 84 valence electrons. The van der Waals surface area contributed by atoms with Gasteiger partial charge in [-0.25, -0.2) is 0 Å². The molecule has 0 bridgehead atoms.